The van der Waals surface area contributed by atoms with Gasteiger partial charge in [-0.3, -0.25) is 19.5 Å². The molecule has 4 aromatic rings. The maximum absolute atomic E-state index is 13.8. The predicted molar refractivity (Wildman–Crippen MR) is 156 cm³/mol. The standard InChI is InChI=1S/C30H21Cl2N3O3S/c31-22-11-7-18(8-12-22)15-21-4-2-6-25-27(21)33-30-34(28(25)20-9-13-23(32)14-10-20)29(36)26(39-30)17-19-3-1-5-24(16-19)35(37)38/h1,3,5,7-17,28H,2,4,6H2/b21-15-,26-17+/t28-/m1/s1. The van der Waals surface area contributed by atoms with E-state index in [2.05, 4.69) is 6.08 Å². The molecule has 1 aliphatic heterocycles. The Morgan fingerprint density at radius 2 is 1.67 bits per heavy atom. The monoisotopic (exact) mass is 573 g/mol. The van der Waals surface area contributed by atoms with Crippen molar-refractivity contribution in [2.45, 2.75) is 25.3 Å². The highest BCUT2D eigenvalue weighted by Gasteiger charge is 2.32. The summed E-state index contributed by atoms with van der Waals surface area (Å²) in [6.07, 6.45) is 6.48. The zero-order valence-corrected chi connectivity index (χ0v) is 22.8. The number of hydrogen-bond acceptors (Lipinski definition) is 5. The first-order chi connectivity index (χ1) is 18.9. The lowest BCUT2D eigenvalue weighted by atomic mass is 9.84. The van der Waals surface area contributed by atoms with Gasteiger partial charge in [0.1, 0.15) is 0 Å². The fraction of sp³-hybridized carbons (Fsp3) is 0.133. The van der Waals surface area contributed by atoms with E-state index in [1.54, 1.807) is 22.8 Å². The normalized spacial score (nSPS) is 18.1. The molecule has 0 N–H and O–H groups in total. The molecule has 6 rings (SSSR count). The van der Waals surface area contributed by atoms with Crippen LogP contribution < -0.4 is 14.9 Å². The number of rotatable bonds is 4. The highest BCUT2D eigenvalue weighted by atomic mass is 35.5. The van der Waals surface area contributed by atoms with Crippen molar-refractivity contribution in [2.75, 3.05) is 0 Å². The van der Waals surface area contributed by atoms with E-state index in [1.807, 2.05) is 48.5 Å². The molecule has 0 saturated carbocycles. The number of fused-ring (bicyclic) bond motifs is 1. The van der Waals surface area contributed by atoms with Crippen LogP contribution in [0.2, 0.25) is 10.0 Å². The Labute approximate surface area is 237 Å². The van der Waals surface area contributed by atoms with Gasteiger partial charge in [-0.25, -0.2) is 4.99 Å². The van der Waals surface area contributed by atoms with Crippen molar-refractivity contribution in [2.24, 2.45) is 4.99 Å². The molecular formula is C30H21Cl2N3O3S. The molecule has 0 spiro atoms. The van der Waals surface area contributed by atoms with Crippen LogP contribution in [0.15, 0.2) is 99.4 Å². The van der Waals surface area contributed by atoms with Crippen LogP contribution in [-0.4, -0.2) is 9.49 Å². The summed E-state index contributed by atoms with van der Waals surface area (Å²) < 4.78 is 2.22. The van der Waals surface area contributed by atoms with Crippen LogP contribution in [0.1, 0.15) is 42.0 Å². The lowest BCUT2D eigenvalue weighted by Gasteiger charge is -2.31. The first-order valence-electron chi connectivity index (χ1n) is 12.4. The lowest BCUT2D eigenvalue weighted by Crippen LogP contribution is -2.39. The largest absolute Gasteiger partial charge is 0.272 e. The van der Waals surface area contributed by atoms with Gasteiger partial charge in [-0.1, -0.05) is 70.9 Å². The van der Waals surface area contributed by atoms with Gasteiger partial charge in [0, 0.05) is 22.2 Å². The number of halogens is 2. The number of allylic oxidation sites excluding steroid dienone is 2. The molecule has 1 aliphatic carbocycles. The van der Waals surface area contributed by atoms with Crippen molar-refractivity contribution in [3.05, 3.63) is 146 Å². The van der Waals surface area contributed by atoms with Crippen LogP contribution in [0.5, 0.6) is 0 Å². The molecule has 9 heteroatoms. The number of nitro groups is 1. The predicted octanol–water partition coefficient (Wildman–Crippen LogP) is 6.70. The van der Waals surface area contributed by atoms with E-state index in [0.29, 0.717) is 24.9 Å². The van der Waals surface area contributed by atoms with Crippen molar-refractivity contribution in [1.82, 2.24) is 4.57 Å². The highest BCUT2D eigenvalue weighted by Crippen LogP contribution is 2.41. The number of aromatic nitrogens is 1. The van der Waals surface area contributed by atoms with Gasteiger partial charge in [-0.15, -0.1) is 0 Å². The highest BCUT2D eigenvalue weighted by molar-refractivity contribution is 7.07. The molecule has 0 fully saturated rings. The number of benzene rings is 3. The summed E-state index contributed by atoms with van der Waals surface area (Å²) in [5, 5.41) is 12.6. The van der Waals surface area contributed by atoms with E-state index >= 15 is 0 Å². The zero-order valence-electron chi connectivity index (χ0n) is 20.5. The summed E-state index contributed by atoms with van der Waals surface area (Å²) >= 11 is 13.6. The van der Waals surface area contributed by atoms with Gasteiger partial charge in [0.25, 0.3) is 11.2 Å². The summed E-state index contributed by atoms with van der Waals surface area (Å²) in [5.41, 5.74) is 5.51. The zero-order chi connectivity index (χ0) is 27.1. The summed E-state index contributed by atoms with van der Waals surface area (Å²) in [6, 6.07) is 21.2. The van der Waals surface area contributed by atoms with Gasteiger partial charge in [-0.2, -0.15) is 0 Å². The van der Waals surface area contributed by atoms with Gasteiger partial charge < -0.3 is 0 Å². The SMILES string of the molecule is O=c1/c(=C\c2cccc([N+](=O)[O-])c2)sc2n1[C@H](c1ccc(Cl)cc1)C1=C(N=2)/C(=C\c2ccc(Cl)cc2)CCC1. The Morgan fingerprint density at radius 1 is 0.949 bits per heavy atom. The van der Waals surface area contributed by atoms with E-state index in [1.165, 1.54) is 23.5 Å². The van der Waals surface area contributed by atoms with Crippen LogP contribution in [0.3, 0.4) is 0 Å². The minimum Gasteiger partial charge on any atom is -0.272 e. The van der Waals surface area contributed by atoms with E-state index in [9.17, 15) is 14.9 Å². The molecule has 6 nitrogen and oxygen atoms in total. The van der Waals surface area contributed by atoms with Crippen molar-refractivity contribution >= 4 is 52.4 Å². The summed E-state index contributed by atoms with van der Waals surface area (Å²) in [5.74, 6) is 0. The number of nitrogens with zero attached hydrogens (tertiary/aromatic N) is 3. The average molecular weight is 574 g/mol. The van der Waals surface area contributed by atoms with Gasteiger partial charge >= 0.3 is 0 Å². The molecule has 0 amide bonds. The third-order valence-corrected chi connectivity index (χ3v) is 8.40. The average Bonchev–Trinajstić information content (AvgIpc) is 3.24. The first kappa shape index (κ1) is 25.5. The third kappa shape index (κ3) is 5.01. The van der Waals surface area contributed by atoms with Crippen molar-refractivity contribution < 1.29 is 4.92 Å². The molecule has 1 aromatic heterocycles. The molecule has 0 saturated heterocycles. The molecule has 3 aromatic carbocycles. The number of hydrogen-bond donors (Lipinski definition) is 0. The summed E-state index contributed by atoms with van der Waals surface area (Å²) in [6.45, 7) is 0. The van der Waals surface area contributed by atoms with E-state index < -0.39 is 4.92 Å². The van der Waals surface area contributed by atoms with E-state index in [-0.39, 0.29) is 17.3 Å². The molecule has 2 aliphatic rings. The minimum atomic E-state index is -0.442. The van der Waals surface area contributed by atoms with Gasteiger partial charge in [0.15, 0.2) is 4.80 Å². The second kappa shape index (κ2) is 10.4. The number of nitro benzene ring substituents is 1. The number of thiazole rings is 1. The van der Waals surface area contributed by atoms with Gasteiger partial charge in [-0.05, 0) is 83.5 Å². The molecule has 2 heterocycles. The smallest absolute Gasteiger partial charge is 0.271 e. The Morgan fingerprint density at radius 3 is 2.38 bits per heavy atom. The van der Waals surface area contributed by atoms with Gasteiger partial charge in [0.2, 0.25) is 0 Å². The fourth-order valence-corrected chi connectivity index (χ4v) is 6.39. The molecular weight excluding hydrogens is 553 g/mol. The molecule has 194 valence electrons. The molecule has 0 unspecified atom stereocenters. The van der Waals surface area contributed by atoms with Crippen LogP contribution in [0.25, 0.3) is 12.2 Å². The van der Waals surface area contributed by atoms with Crippen molar-refractivity contribution in [3.63, 3.8) is 0 Å². The van der Waals surface area contributed by atoms with Crippen LogP contribution >= 0.6 is 34.5 Å². The molecule has 0 bridgehead atoms. The number of non-ortho nitro benzene ring substituents is 1. The van der Waals surface area contributed by atoms with Crippen LogP contribution in [-0.2, 0) is 0 Å². The summed E-state index contributed by atoms with van der Waals surface area (Å²) in [4.78, 5) is 30.3. The van der Waals surface area contributed by atoms with E-state index in [4.69, 9.17) is 28.2 Å². The van der Waals surface area contributed by atoms with Crippen LogP contribution in [0.4, 0.5) is 5.69 Å². The minimum absolute atomic E-state index is 0.0250. The third-order valence-electron chi connectivity index (χ3n) is 6.91. The molecule has 1 atom stereocenters. The molecule has 0 radical (unpaired) electrons. The summed E-state index contributed by atoms with van der Waals surface area (Å²) in [7, 11) is 0. The topological polar surface area (TPSA) is 77.5 Å². The Balaban J connectivity index is 1.56. The second-order valence-electron chi connectivity index (χ2n) is 9.43. The Kier molecular flexibility index (Phi) is 6.81. The maximum atomic E-state index is 13.8. The van der Waals surface area contributed by atoms with Gasteiger partial charge in [0.05, 0.1) is 21.2 Å². The second-order valence-corrected chi connectivity index (χ2v) is 11.3. The lowest BCUT2D eigenvalue weighted by molar-refractivity contribution is -0.384. The first-order valence-corrected chi connectivity index (χ1v) is 14.0. The quantitative estimate of drug-likeness (QED) is 0.201. The van der Waals surface area contributed by atoms with E-state index in [0.717, 1.165) is 47.2 Å². The van der Waals surface area contributed by atoms with Crippen LogP contribution in [0, 0.1) is 10.1 Å². The van der Waals surface area contributed by atoms with Crippen molar-refractivity contribution in [1.29, 1.82) is 0 Å². The Bertz CT molecular complexity index is 1850. The molecule has 39 heavy (non-hydrogen) atoms. The maximum Gasteiger partial charge on any atom is 0.271 e. The Hall–Kier alpha value is -3.78. The fourth-order valence-electron chi connectivity index (χ4n) is 5.14. The van der Waals surface area contributed by atoms with Crippen molar-refractivity contribution in [3.8, 4) is 0 Å².